The monoisotopic (exact) mass is 288 g/mol. The maximum absolute atomic E-state index is 12.2. The van der Waals surface area contributed by atoms with Gasteiger partial charge >= 0.3 is 0 Å². The maximum Gasteiger partial charge on any atom is 0.162 e. The Balaban J connectivity index is 2.14. The summed E-state index contributed by atoms with van der Waals surface area (Å²) in [6.45, 7) is 8.48. The van der Waals surface area contributed by atoms with Gasteiger partial charge in [0.15, 0.2) is 5.78 Å². The molecule has 0 saturated heterocycles. The van der Waals surface area contributed by atoms with E-state index in [1.807, 2.05) is 19.9 Å². The van der Waals surface area contributed by atoms with Crippen LogP contribution in [-0.2, 0) is 9.59 Å². The van der Waals surface area contributed by atoms with Crippen molar-refractivity contribution < 1.29 is 9.59 Å². The van der Waals surface area contributed by atoms with Crippen LogP contribution in [0.2, 0.25) is 0 Å². The molecular formula is C19H28O2. The van der Waals surface area contributed by atoms with Crippen molar-refractivity contribution in [1.29, 1.82) is 0 Å². The summed E-state index contributed by atoms with van der Waals surface area (Å²) in [6.07, 6.45) is 9.06. The lowest BCUT2D eigenvalue weighted by atomic mass is 10.00. The van der Waals surface area contributed by atoms with E-state index in [-0.39, 0.29) is 5.78 Å². The molecule has 0 N–H and O–H groups in total. The quantitative estimate of drug-likeness (QED) is 0.608. The SMILES string of the molecule is CC1=CCC(=O)C(C)=C[C@@H]2[C@H](CCCCC(=O)C1)C2(C)C. The molecule has 0 radical (unpaired) electrons. The first-order valence-corrected chi connectivity index (χ1v) is 8.21. The summed E-state index contributed by atoms with van der Waals surface area (Å²) in [4.78, 5) is 24.1. The Labute approximate surface area is 128 Å². The highest BCUT2D eigenvalue weighted by atomic mass is 16.1. The Morgan fingerprint density at radius 3 is 2.57 bits per heavy atom. The van der Waals surface area contributed by atoms with E-state index in [4.69, 9.17) is 0 Å². The summed E-state index contributed by atoms with van der Waals surface area (Å²) in [5, 5.41) is 0. The van der Waals surface area contributed by atoms with Crippen molar-refractivity contribution in [3.63, 3.8) is 0 Å². The molecule has 116 valence electrons. The van der Waals surface area contributed by atoms with Gasteiger partial charge in [-0.1, -0.05) is 38.0 Å². The molecule has 1 fully saturated rings. The van der Waals surface area contributed by atoms with Crippen LogP contribution in [0.3, 0.4) is 0 Å². The minimum Gasteiger partial charge on any atom is -0.299 e. The molecule has 0 aliphatic heterocycles. The molecule has 0 aromatic carbocycles. The van der Waals surface area contributed by atoms with Crippen LogP contribution >= 0.6 is 0 Å². The van der Waals surface area contributed by atoms with E-state index in [0.29, 0.717) is 42.3 Å². The molecule has 0 amide bonds. The summed E-state index contributed by atoms with van der Waals surface area (Å²) < 4.78 is 0. The van der Waals surface area contributed by atoms with Crippen molar-refractivity contribution in [2.24, 2.45) is 17.3 Å². The van der Waals surface area contributed by atoms with Gasteiger partial charge in [0.2, 0.25) is 0 Å². The highest BCUT2D eigenvalue weighted by Crippen LogP contribution is 2.61. The molecule has 0 aromatic rings. The first-order valence-electron chi connectivity index (χ1n) is 8.21. The van der Waals surface area contributed by atoms with E-state index >= 15 is 0 Å². The molecule has 0 aromatic heterocycles. The van der Waals surface area contributed by atoms with E-state index < -0.39 is 0 Å². The molecule has 2 aliphatic rings. The fourth-order valence-electron chi connectivity index (χ4n) is 3.62. The minimum absolute atomic E-state index is 0.195. The van der Waals surface area contributed by atoms with Crippen molar-refractivity contribution in [3.8, 4) is 0 Å². The number of hydrogen-bond acceptors (Lipinski definition) is 2. The predicted molar refractivity (Wildman–Crippen MR) is 86.0 cm³/mol. The van der Waals surface area contributed by atoms with Crippen LogP contribution in [0.15, 0.2) is 23.3 Å². The lowest BCUT2D eigenvalue weighted by Gasteiger charge is -2.04. The molecule has 0 heterocycles. The third kappa shape index (κ3) is 3.93. The summed E-state index contributed by atoms with van der Waals surface area (Å²) in [5.41, 5.74) is 2.24. The van der Waals surface area contributed by atoms with Crippen molar-refractivity contribution >= 4 is 11.6 Å². The molecule has 0 bridgehead atoms. The fourth-order valence-corrected chi connectivity index (χ4v) is 3.62. The number of ketones is 2. The topological polar surface area (TPSA) is 34.1 Å². The van der Waals surface area contributed by atoms with Gasteiger partial charge in [0.05, 0.1) is 0 Å². The number of carbonyl (C=O) groups excluding carboxylic acids is 2. The molecule has 2 nitrogen and oxygen atoms in total. The van der Waals surface area contributed by atoms with Gasteiger partial charge in [-0.3, -0.25) is 9.59 Å². The molecule has 2 rings (SSSR count). The van der Waals surface area contributed by atoms with Crippen molar-refractivity contribution in [2.45, 2.75) is 66.2 Å². The first kappa shape index (κ1) is 16.2. The molecule has 2 heteroatoms. The van der Waals surface area contributed by atoms with Crippen LogP contribution in [0.5, 0.6) is 0 Å². The van der Waals surface area contributed by atoms with Gasteiger partial charge in [-0.05, 0) is 49.5 Å². The van der Waals surface area contributed by atoms with E-state index in [2.05, 4.69) is 19.9 Å². The highest BCUT2D eigenvalue weighted by Gasteiger charge is 2.55. The molecule has 2 atom stereocenters. The second-order valence-electron chi connectivity index (χ2n) is 7.44. The van der Waals surface area contributed by atoms with Gasteiger partial charge in [-0.2, -0.15) is 0 Å². The Hall–Kier alpha value is -1.18. The third-order valence-electron chi connectivity index (χ3n) is 5.34. The molecule has 21 heavy (non-hydrogen) atoms. The summed E-state index contributed by atoms with van der Waals surface area (Å²) >= 11 is 0. The van der Waals surface area contributed by atoms with E-state index in [1.54, 1.807) is 0 Å². The lowest BCUT2D eigenvalue weighted by Crippen LogP contribution is -2.02. The second kappa shape index (κ2) is 6.29. The molecule has 1 saturated carbocycles. The number of hydrogen-bond donors (Lipinski definition) is 0. The van der Waals surface area contributed by atoms with Crippen molar-refractivity contribution in [3.05, 3.63) is 23.3 Å². The number of carbonyl (C=O) groups is 2. The van der Waals surface area contributed by atoms with Gasteiger partial charge in [0.1, 0.15) is 5.78 Å². The van der Waals surface area contributed by atoms with Gasteiger partial charge in [-0.15, -0.1) is 0 Å². The summed E-state index contributed by atoms with van der Waals surface area (Å²) in [6, 6.07) is 0. The van der Waals surface area contributed by atoms with Gasteiger partial charge in [0, 0.05) is 19.3 Å². The van der Waals surface area contributed by atoms with Gasteiger partial charge < -0.3 is 0 Å². The molecule has 0 spiro atoms. The van der Waals surface area contributed by atoms with Crippen LogP contribution < -0.4 is 0 Å². The van der Waals surface area contributed by atoms with Crippen LogP contribution in [0.25, 0.3) is 0 Å². The second-order valence-corrected chi connectivity index (χ2v) is 7.44. The number of Topliss-reactive ketones (excluding diaryl/α,β-unsaturated/α-hetero) is 2. The minimum atomic E-state index is 0.195. The number of rotatable bonds is 0. The highest BCUT2D eigenvalue weighted by molar-refractivity contribution is 5.96. The van der Waals surface area contributed by atoms with E-state index in [0.717, 1.165) is 24.0 Å². The van der Waals surface area contributed by atoms with E-state index in [1.165, 1.54) is 6.42 Å². The third-order valence-corrected chi connectivity index (χ3v) is 5.34. The van der Waals surface area contributed by atoms with Crippen LogP contribution in [0.1, 0.15) is 66.2 Å². The van der Waals surface area contributed by atoms with Crippen molar-refractivity contribution in [1.82, 2.24) is 0 Å². The zero-order valence-corrected chi connectivity index (χ0v) is 13.9. The average molecular weight is 288 g/mol. The average Bonchev–Trinajstić information content (AvgIpc) is 2.91. The Kier molecular flexibility index (Phi) is 4.85. The number of allylic oxidation sites excluding steroid dienone is 4. The Morgan fingerprint density at radius 1 is 1.14 bits per heavy atom. The Morgan fingerprint density at radius 2 is 1.86 bits per heavy atom. The molecule has 0 unspecified atom stereocenters. The van der Waals surface area contributed by atoms with Gasteiger partial charge in [0.25, 0.3) is 0 Å². The summed E-state index contributed by atoms with van der Waals surface area (Å²) in [7, 11) is 0. The standard InChI is InChI=1S/C19H28O2/c1-13-9-10-18(21)14(2)12-17-16(19(17,3)4)8-6-5-7-15(20)11-13/h9,12,16-17H,5-8,10-11H2,1-4H3/t16-,17+/m0/s1. The fraction of sp³-hybridized carbons (Fsp3) is 0.684. The maximum atomic E-state index is 12.2. The molecule has 2 aliphatic carbocycles. The largest absolute Gasteiger partial charge is 0.299 e. The van der Waals surface area contributed by atoms with Crippen molar-refractivity contribution in [2.75, 3.05) is 0 Å². The molecular weight excluding hydrogens is 260 g/mol. The van der Waals surface area contributed by atoms with Crippen LogP contribution in [0.4, 0.5) is 0 Å². The van der Waals surface area contributed by atoms with Crippen LogP contribution in [-0.4, -0.2) is 11.6 Å². The number of fused-ring (bicyclic) bond motifs is 1. The first-order chi connectivity index (χ1) is 9.82. The Bertz CT molecular complexity index is 494. The predicted octanol–water partition coefficient (Wildman–Crippen LogP) is 4.64. The van der Waals surface area contributed by atoms with E-state index in [9.17, 15) is 9.59 Å². The lowest BCUT2D eigenvalue weighted by molar-refractivity contribution is -0.118. The van der Waals surface area contributed by atoms with Crippen LogP contribution in [0, 0.1) is 17.3 Å². The normalized spacial score (nSPS) is 30.9. The zero-order chi connectivity index (χ0) is 15.6. The summed E-state index contributed by atoms with van der Waals surface area (Å²) in [5.74, 6) is 1.72. The zero-order valence-electron chi connectivity index (χ0n) is 13.9. The van der Waals surface area contributed by atoms with Gasteiger partial charge in [-0.25, -0.2) is 0 Å². The smallest absolute Gasteiger partial charge is 0.162 e.